The van der Waals surface area contributed by atoms with Crippen molar-refractivity contribution in [2.75, 3.05) is 0 Å². The van der Waals surface area contributed by atoms with Crippen LogP contribution in [0.25, 0.3) is 11.0 Å². The fraction of sp³-hybridized carbons (Fsp3) is 0.385. The minimum atomic E-state index is -0.508. The van der Waals surface area contributed by atoms with Gasteiger partial charge in [0.2, 0.25) is 0 Å². The smallest absolute Gasteiger partial charge is 0.134 e. The number of aliphatic hydroxyl groups is 1. The van der Waals surface area contributed by atoms with Gasteiger partial charge in [-0.25, -0.2) is 0 Å². The highest BCUT2D eigenvalue weighted by Gasteiger charge is 2.12. The SMILES string of the molecule is CCCCC(O)c1cc2cc(Cl)ccc2o1. The lowest BCUT2D eigenvalue weighted by Gasteiger charge is -2.05. The van der Waals surface area contributed by atoms with Gasteiger partial charge in [-0.05, 0) is 30.7 Å². The van der Waals surface area contributed by atoms with Crippen LogP contribution in [-0.4, -0.2) is 5.11 Å². The molecule has 0 aliphatic heterocycles. The van der Waals surface area contributed by atoms with Gasteiger partial charge in [0.15, 0.2) is 0 Å². The van der Waals surface area contributed by atoms with E-state index in [1.54, 1.807) is 6.07 Å². The molecule has 1 aromatic heterocycles. The molecule has 2 nitrogen and oxygen atoms in total. The van der Waals surface area contributed by atoms with E-state index in [2.05, 4.69) is 6.92 Å². The quantitative estimate of drug-likeness (QED) is 0.861. The Bertz CT molecular complexity index is 476. The van der Waals surface area contributed by atoms with Gasteiger partial charge < -0.3 is 9.52 Å². The number of halogens is 1. The van der Waals surface area contributed by atoms with Crippen LogP contribution in [0.15, 0.2) is 28.7 Å². The van der Waals surface area contributed by atoms with Gasteiger partial charge in [-0.3, -0.25) is 0 Å². The zero-order chi connectivity index (χ0) is 11.5. The maximum absolute atomic E-state index is 9.90. The van der Waals surface area contributed by atoms with Crippen molar-refractivity contribution in [2.45, 2.75) is 32.3 Å². The van der Waals surface area contributed by atoms with E-state index >= 15 is 0 Å². The number of unbranched alkanes of at least 4 members (excludes halogenated alkanes) is 1. The van der Waals surface area contributed by atoms with E-state index in [4.69, 9.17) is 16.0 Å². The van der Waals surface area contributed by atoms with Crippen LogP contribution < -0.4 is 0 Å². The fourth-order valence-electron chi connectivity index (χ4n) is 1.74. The van der Waals surface area contributed by atoms with Crippen molar-refractivity contribution < 1.29 is 9.52 Å². The van der Waals surface area contributed by atoms with Crippen LogP contribution >= 0.6 is 11.6 Å². The third-order valence-corrected chi connectivity index (χ3v) is 2.89. The van der Waals surface area contributed by atoms with Gasteiger partial charge >= 0.3 is 0 Å². The first-order valence-corrected chi connectivity index (χ1v) is 5.95. The highest BCUT2D eigenvalue weighted by Crippen LogP contribution is 2.28. The number of aliphatic hydroxyl groups excluding tert-OH is 1. The number of furan rings is 1. The lowest BCUT2D eigenvalue weighted by atomic mass is 10.1. The molecule has 1 unspecified atom stereocenters. The molecule has 3 heteroatoms. The molecule has 1 N–H and O–H groups in total. The molecule has 86 valence electrons. The van der Waals surface area contributed by atoms with Crippen LogP contribution in [0.2, 0.25) is 5.02 Å². The molecule has 2 rings (SSSR count). The zero-order valence-electron chi connectivity index (χ0n) is 9.24. The van der Waals surface area contributed by atoms with Gasteiger partial charge in [-0.2, -0.15) is 0 Å². The first-order valence-electron chi connectivity index (χ1n) is 5.57. The molecule has 0 amide bonds. The summed E-state index contributed by atoms with van der Waals surface area (Å²) in [7, 11) is 0. The highest BCUT2D eigenvalue weighted by atomic mass is 35.5. The topological polar surface area (TPSA) is 33.4 Å². The van der Waals surface area contributed by atoms with Crippen molar-refractivity contribution >= 4 is 22.6 Å². The van der Waals surface area contributed by atoms with E-state index in [1.807, 2.05) is 18.2 Å². The monoisotopic (exact) mass is 238 g/mol. The molecule has 0 aliphatic rings. The summed E-state index contributed by atoms with van der Waals surface area (Å²) in [6.45, 7) is 2.10. The largest absolute Gasteiger partial charge is 0.458 e. The Morgan fingerprint density at radius 2 is 2.19 bits per heavy atom. The van der Waals surface area contributed by atoms with Gasteiger partial charge in [0.1, 0.15) is 17.4 Å². The van der Waals surface area contributed by atoms with E-state index in [-0.39, 0.29) is 0 Å². The Kier molecular flexibility index (Phi) is 3.52. The molecule has 0 radical (unpaired) electrons. The molecule has 0 saturated carbocycles. The second-order valence-electron chi connectivity index (χ2n) is 3.99. The van der Waals surface area contributed by atoms with Crippen molar-refractivity contribution in [3.8, 4) is 0 Å². The number of hydrogen-bond acceptors (Lipinski definition) is 2. The Morgan fingerprint density at radius 1 is 1.38 bits per heavy atom. The molecular formula is C13H15ClO2. The van der Waals surface area contributed by atoms with Gasteiger partial charge in [0, 0.05) is 10.4 Å². The summed E-state index contributed by atoms with van der Waals surface area (Å²) >= 11 is 5.89. The number of hydrogen-bond donors (Lipinski definition) is 1. The first kappa shape index (κ1) is 11.5. The standard InChI is InChI=1S/C13H15ClO2/c1-2-3-4-11(15)13-8-9-7-10(14)5-6-12(9)16-13/h5-8,11,15H,2-4H2,1H3. The van der Waals surface area contributed by atoms with E-state index in [0.29, 0.717) is 10.8 Å². The number of rotatable bonds is 4. The molecule has 16 heavy (non-hydrogen) atoms. The van der Waals surface area contributed by atoms with Crippen LogP contribution in [0, 0.1) is 0 Å². The third kappa shape index (κ3) is 2.39. The summed E-state index contributed by atoms with van der Waals surface area (Å²) in [4.78, 5) is 0. The predicted molar refractivity (Wildman–Crippen MR) is 65.7 cm³/mol. The molecule has 1 aromatic carbocycles. The van der Waals surface area contributed by atoms with Gasteiger partial charge in [-0.15, -0.1) is 0 Å². The van der Waals surface area contributed by atoms with Crippen LogP contribution in [-0.2, 0) is 0 Å². The minimum Gasteiger partial charge on any atom is -0.458 e. The molecule has 0 saturated heterocycles. The van der Waals surface area contributed by atoms with E-state index in [9.17, 15) is 5.11 Å². The first-order chi connectivity index (χ1) is 7.70. The highest BCUT2D eigenvalue weighted by molar-refractivity contribution is 6.31. The molecule has 0 aliphatic carbocycles. The fourth-order valence-corrected chi connectivity index (χ4v) is 1.92. The second-order valence-corrected chi connectivity index (χ2v) is 4.43. The molecule has 1 atom stereocenters. The van der Waals surface area contributed by atoms with Gasteiger partial charge in [0.25, 0.3) is 0 Å². The minimum absolute atomic E-state index is 0.508. The van der Waals surface area contributed by atoms with Crippen molar-refractivity contribution in [3.05, 3.63) is 35.0 Å². The predicted octanol–water partition coefficient (Wildman–Crippen LogP) is 4.31. The van der Waals surface area contributed by atoms with Gasteiger partial charge in [-0.1, -0.05) is 31.4 Å². The van der Waals surface area contributed by atoms with Crippen molar-refractivity contribution in [1.29, 1.82) is 0 Å². The maximum atomic E-state index is 9.90. The summed E-state index contributed by atoms with van der Waals surface area (Å²) in [6, 6.07) is 7.32. The average molecular weight is 239 g/mol. The Balaban J connectivity index is 2.25. The summed E-state index contributed by atoms with van der Waals surface area (Å²) < 4.78 is 5.57. The van der Waals surface area contributed by atoms with Crippen LogP contribution in [0.3, 0.4) is 0 Å². The molecular weight excluding hydrogens is 224 g/mol. The van der Waals surface area contributed by atoms with Crippen LogP contribution in [0.5, 0.6) is 0 Å². The average Bonchev–Trinajstić information content (AvgIpc) is 2.68. The lowest BCUT2D eigenvalue weighted by Crippen LogP contribution is -1.94. The Morgan fingerprint density at radius 3 is 2.94 bits per heavy atom. The number of fused-ring (bicyclic) bond motifs is 1. The Labute approximate surface area is 99.8 Å². The molecule has 0 fully saturated rings. The van der Waals surface area contributed by atoms with Gasteiger partial charge in [0.05, 0.1) is 0 Å². The molecule has 2 aromatic rings. The van der Waals surface area contributed by atoms with E-state index < -0.39 is 6.10 Å². The van der Waals surface area contributed by atoms with E-state index in [1.165, 1.54) is 0 Å². The maximum Gasteiger partial charge on any atom is 0.134 e. The summed E-state index contributed by atoms with van der Waals surface area (Å²) in [5.74, 6) is 0.630. The summed E-state index contributed by atoms with van der Waals surface area (Å²) in [5, 5.41) is 11.5. The van der Waals surface area contributed by atoms with Crippen molar-refractivity contribution in [1.82, 2.24) is 0 Å². The molecule has 1 heterocycles. The van der Waals surface area contributed by atoms with Crippen molar-refractivity contribution in [3.63, 3.8) is 0 Å². The third-order valence-electron chi connectivity index (χ3n) is 2.66. The van der Waals surface area contributed by atoms with Crippen LogP contribution in [0.4, 0.5) is 0 Å². The number of benzene rings is 1. The lowest BCUT2D eigenvalue weighted by molar-refractivity contribution is 0.140. The second kappa shape index (κ2) is 4.89. The van der Waals surface area contributed by atoms with Crippen molar-refractivity contribution in [2.24, 2.45) is 0 Å². The molecule has 0 bridgehead atoms. The molecule has 0 spiro atoms. The Hall–Kier alpha value is -0.990. The van der Waals surface area contributed by atoms with Crippen LogP contribution in [0.1, 0.15) is 38.1 Å². The summed E-state index contributed by atoms with van der Waals surface area (Å²) in [6.07, 6.45) is 2.30. The zero-order valence-corrected chi connectivity index (χ0v) is 10.00. The normalized spacial score (nSPS) is 13.2. The summed E-state index contributed by atoms with van der Waals surface area (Å²) in [5.41, 5.74) is 0.773. The van der Waals surface area contributed by atoms with E-state index in [0.717, 1.165) is 30.2 Å².